The molecule has 0 atom stereocenters. The van der Waals surface area contributed by atoms with Crippen LogP contribution >= 0.6 is 27.3 Å². The summed E-state index contributed by atoms with van der Waals surface area (Å²) in [5.74, 6) is 0.155. The summed E-state index contributed by atoms with van der Waals surface area (Å²) in [4.78, 5) is 20.8. The third-order valence-corrected chi connectivity index (χ3v) is 3.63. The van der Waals surface area contributed by atoms with Gasteiger partial charge in [0.25, 0.3) is 5.91 Å². The van der Waals surface area contributed by atoms with E-state index in [9.17, 15) is 4.79 Å². The number of aromatic nitrogens is 2. The van der Waals surface area contributed by atoms with Gasteiger partial charge >= 0.3 is 0 Å². The minimum atomic E-state index is -0.189. The van der Waals surface area contributed by atoms with Gasteiger partial charge in [-0.15, -0.1) is 11.3 Å². The van der Waals surface area contributed by atoms with Crippen molar-refractivity contribution < 1.29 is 4.79 Å². The first-order valence-electron chi connectivity index (χ1n) is 4.93. The van der Waals surface area contributed by atoms with Gasteiger partial charge in [-0.25, -0.2) is 9.97 Å². The Kier molecular flexibility index (Phi) is 3.54. The van der Waals surface area contributed by atoms with Crippen LogP contribution in [0, 0.1) is 13.8 Å². The second-order valence-electron chi connectivity index (χ2n) is 3.53. The number of halogens is 1. The van der Waals surface area contributed by atoms with Gasteiger partial charge in [0.15, 0.2) is 0 Å². The van der Waals surface area contributed by atoms with E-state index >= 15 is 0 Å². The summed E-state index contributed by atoms with van der Waals surface area (Å²) in [5.41, 5.74) is 1.67. The largest absolute Gasteiger partial charge is 0.290 e. The Balaban J connectivity index is 2.18. The third kappa shape index (κ3) is 3.10. The molecule has 2 heterocycles. The van der Waals surface area contributed by atoms with Gasteiger partial charge in [-0.05, 0) is 48.0 Å². The van der Waals surface area contributed by atoms with Crippen LogP contribution in [0.2, 0.25) is 0 Å². The Labute approximate surface area is 111 Å². The highest BCUT2D eigenvalue weighted by molar-refractivity contribution is 9.11. The van der Waals surface area contributed by atoms with Crippen LogP contribution in [0.5, 0.6) is 0 Å². The molecule has 0 fully saturated rings. The number of hydrogen-bond acceptors (Lipinski definition) is 4. The fourth-order valence-electron chi connectivity index (χ4n) is 1.38. The number of nitrogens with one attached hydrogen (secondary N) is 1. The molecule has 0 aliphatic carbocycles. The van der Waals surface area contributed by atoms with Crippen molar-refractivity contribution in [1.29, 1.82) is 0 Å². The predicted octanol–water partition coefficient (Wildman–Crippen LogP) is 3.17. The average molecular weight is 312 g/mol. The molecule has 0 spiro atoms. The van der Waals surface area contributed by atoms with E-state index in [0.717, 1.165) is 15.2 Å². The number of thiophene rings is 1. The van der Waals surface area contributed by atoms with Crippen molar-refractivity contribution in [2.45, 2.75) is 13.8 Å². The molecular formula is C11H10BrN3OS. The summed E-state index contributed by atoms with van der Waals surface area (Å²) in [6.45, 7) is 3.73. The van der Waals surface area contributed by atoms with Crippen LogP contribution in [-0.4, -0.2) is 15.9 Å². The topological polar surface area (TPSA) is 54.9 Å². The van der Waals surface area contributed by atoms with Crippen LogP contribution < -0.4 is 5.32 Å². The number of hydrogen-bond donors (Lipinski definition) is 1. The lowest BCUT2D eigenvalue weighted by Crippen LogP contribution is -2.13. The highest BCUT2D eigenvalue weighted by Gasteiger charge is 2.10. The Bertz CT molecular complexity index is 547. The molecule has 2 rings (SSSR count). The van der Waals surface area contributed by atoms with Crippen LogP contribution in [0.25, 0.3) is 0 Å². The third-order valence-electron chi connectivity index (χ3n) is 2.00. The molecule has 17 heavy (non-hydrogen) atoms. The van der Waals surface area contributed by atoms with Crippen molar-refractivity contribution >= 4 is 39.1 Å². The van der Waals surface area contributed by atoms with Crippen molar-refractivity contribution in [1.82, 2.24) is 9.97 Å². The summed E-state index contributed by atoms with van der Waals surface area (Å²) in [5, 5.41) is 2.68. The van der Waals surface area contributed by atoms with E-state index in [1.54, 1.807) is 6.07 Å². The molecule has 6 heteroatoms. The lowest BCUT2D eigenvalue weighted by molar-refractivity contribution is 0.102. The minimum absolute atomic E-state index is 0.189. The molecule has 1 amide bonds. The van der Waals surface area contributed by atoms with Crippen molar-refractivity contribution in [2.24, 2.45) is 0 Å². The monoisotopic (exact) mass is 311 g/mol. The van der Waals surface area contributed by atoms with E-state index in [0.29, 0.717) is 10.8 Å². The highest BCUT2D eigenvalue weighted by atomic mass is 79.9. The SMILES string of the molecule is Cc1cc(C)nc(NC(=O)c2ccc(Br)s2)n1. The molecule has 1 N–H and O–H groups in total. The summed E-state index contributed by atoms with van der Waals surface area (Å²) in [6.07, 6.45) is 0. The van der Waals surface area contributed by atoms with Gasteiger partial charge in [-0.3, -0.25) is 10.1 Å². The Morgan fingerprint density at radius 3 is 2.47 bits per heavy atom. The second-order valence-corrected chi connectivity index (χ2v) is 6.00. The van der Waals surface area contributed by atoms with E-state index in [1.807, 2.05) is 26.0 Å². The number of carbonyl (C=O) groups excluding carboxylic acids is 1. The van der Waals surface area contributed by atoms with Gasteiger partial charge in [-0.1, -0.05) is 0 Å². The van der Waals surface area contributed by atoms with E-state index in [1.165, 1.54) is 11.3 Å². The minimum Gasteiger partial charge on any atom is -0.290 e. The van der Waals surface area contributed by atoms with Crippen molar-refractivity contribution in [3.05, 3.63) is 38.3 Å². The van der Waals surface area contributed by atoms with Gasteiger partial charge in [0.1, 0.15) is 0 Å². The molecule has 0 bridgehead atoms. The van der Waals surface area contributed by atoms with Gasteiger partial charge in [0.2, 0.25) is 5.95 Å². The van der Waals surface area contributed by atoms with Crippen molar-refractivity contribution in [3.8, 4) is 0 Å². The van der Waals surface area contributed by atoms with Crippen LogP contribution in [0.3, 0.4) is 0 Å². The molecule has 0 aliphatic heterocycles. The van der Waals surface area contributed by atoms with E-state index in [-0.39, 0.29) is 5.91 Å². The number of amides is 1. The van der Waals surface area contributed by atoms with Crippen LogP contribution in [0.4, 0.5) is 5.95 Å². The maximum Gasteiger partial charge on any atom is 0.268 e. The molecule has 88 valence electrons. The number of rotatable bonds is 2. The lowest BCUT2D eigenvalue weighted by Gasteiger charge is -2.03. The molecule has 0 aliphatic rings. The zero-order valence-electron chi connectivity index (χ0n) is 9.32. The predicted molar refractivity (Wildman–Crippen MR) is 71.5 cm³/mol. The fourth-order valence-corrected chi connectivity index (χ4v) is 2.66. The second kappa shape index (κ2) is 4.93. The van der Waals surface area contributed by atoms with E-state index in [2.05, 4.69) is 31.2 Å². The van der Waals surface area contributed by atoms with Gasteiger partial charge in [0.05, 0.1) is 8.66 Å². The first-order valence-corrected chi connectivity index (χ1v) is 6.54. The zero-order valence-corrected chi connectivity index (χ0v) is 11.7. The summed E-state index contributed by atoms with van der Waals surface area (Å²) >= 11 is 4.69. The number of aryl methyl sites for hydroxylation is 2. The molecule has 0 aromatic carbocycles. The Morgan fingerprint density at radius 2 is 1.94 bits per heavy atom. The first kappa shape index (κ1) is 12.2. The van der Waals surface area contributed by atoms with Crippen LogP contribution in [0.1, 0.15) is 21.1 Å². The molecule has 4 nitrogen and oxygen atoms in total. The molecule has 2 aromatic heterocycles. The molecule has 0 radical (unpaired) electrons. The van der Waals surface area contributed by atoms with Gasteiger partial charge in [-0.2, -0.15) is 0 Å². The maximum atomic E-state index is 11.8. The lowest BCUT2D eigenvalue weighted by atomic mass is 10.3. The smallest absolute Gasteiger partial charge is 0.268 e. The summed E-state index contributed by atoms with van der Waals surface area (Å²) in [6, 6.07) is 5.45. The molecule has 2 aromatic rings. The van der Waals surface area contributed by atoms with Crippen LogP contribution in [-0.2, 0) is 0 Å². The first-order chi connectivity index (χ1) is 8.04. The zero-order chi connectivity index (χ0) is 12.4. The van der Waals surface area contributed by atoms with E-state index < -0.39 is 0 Å². The Morgan fingerprint density at radius 1 is 1.29 bits per heavy atom. The standard InChI is InChI=1S/C11H10BrN3OS/c1-6-5-7(2)14-11(13-6)15-10(16)8-3-4-9(12)17-8/h3-5H,1-2H3,(H,13,14,15,16). The average Bonchev–Trinajstić information content (AvgIpc) is 2.63. The number of anilines is 1. The van der Waals surface area contributed by atoms with Crippen molar-refractivity contribution in [2.75, 3.05) is 5.32 Å². The summed E-state index contributed by atoms with van der Waals surface area (Å²) < 4.78 is 0.920. The quantitative estimate of drug-likeness (QED) is 0.926. The van der Waals surface area contributed by atoms with Gasteiger partial charge in [0, 0.05) is 11.4 Å². The highest BCUT2D eigenvalue weighted by Crippen LogP contribution is 2.22. The number of carbonyl (C=O) groups is 1. The fraction of sp³-hybridized carbons (Fsp3) is 0.182. The normalized spacial score (nSPS) is 10.3. The van der Waals surface area contributed by atoms with Gasteiger partial charge < -0.3 is 0 Å². The maximum absolute atomic E-state index is 11.8. The number of nitrogens with zero attached hydrogens (tertiary/aromatic N) is 2. The van der Waals surface area contributed by atoms with E-state index in [4.69, 9.17) is 0 Å². The van der Waals surface area contributed by atoms with Crippen LogP contribution in [0.15, 0.2) is 22.0 Å². The van der Waals surface area contributed by atoms with Crippen molar-refractivity contribution in [3.63, 3.8) is 0 Å². The Hall–Kier alpha value is -1.27. The molecule has 0 saturated heterocycles. The molecule has 0 saturated carbocycles. The summed E-state index contributed by atoms with van der Waals surface area (Å²) in [7, 11) is 0. The molecule has 0 unspecified atom stereocenters. The molecular weight excluding hydrogens is 302 g/mol.